The molecule has 0 radical (unpaired) electrons. The number of nitrogens with one attached hydrogen (secondary N) is 2. The average Bonchev–Trinajstić information content (AvgIpc) is 2.75. The van der Waals surface area contributed by atoms with Crippen LogP contribution < -0.4 is 4.72 Å². The van der Waals surface area contributed by atoms with Crippen LogP contribution in [-0.2, 0) is 14.8 Å². The van der Waals surface area contributed by atoms with Crippen molar-refractivity contribution in [2.75, 3.05) is 10.5 Å². The van der Waals surface area contributed by atoms with Crippen molar-refractivity contribution in [3.8, 4) is 0 Å². The van der Waals surface area contributed by atoms with Gasteiger partial charge in [0, 0.05) is 5.39 Å². The maximum absolute atomic E-state index is 11.7. The Morgan fingerprint density at radius 3 is 2.94 bits per heavy atom. The van der Waals surface area contributed by atoms with E-state index in [1.807, 2.05) is 0 Å². The molecule has 0 atom stereocenters. The van der Waals surface area contributed by atoms with E-state index in [1.54, 1.807) is 18.2 Å². The third kappa shape index (κ3) is 2.77. The summed E-state index contributed by atoms with van der Waals surface area (Å²) < 4.78 is 25.7. The fraction of sp³-hybridized carbons (Fsp3) is 0.200. The Labute approximate surface area is 103 Å². The normalized spacial score (nSPS) is 11.6. The van der Waals surface area contributed by atoms with Crippen LogP contribution in [0.1, 0.15) is 6.42 Å². The van der Waals surface area contributed by atoms with Crippen LogP contribution >= 0.6 is 0 Å². The number of hydrogen-bond donors (Lipinski definition) is 3. The van der Waals surface area contributed by atoms with Gasteiger partial charge in [-0.25, -0.2) is 8.42 Å². The second-order valence-corrected chi connectivity index (χ2v) is 5.54. The largest absolute Gasteiger partial charge is 0.481 e. The van der Waals surface area contributed by atoms with E-state index < -0.39 is 28.2 Å². The average molecular weight is 269 g/mol. The minimum absolute atomic E-state index is 0.381. The summed E-state index contributed by atoms with van der Waals surface area (Å²) >= 11 is 0. The molecule has 0 fully saturated rings. The van der Waals surface area contributed by atoms with Crippen molar-refractivity contribution in [2.24, 2.45) is 0 Å². The van der Waals surface area contributed by atoms with E-state index in [1.165, 1.54) is 6.20 Å². The molecular formula is C10H11N3O4S. The molecule has 18 heavy (non-hydrogen) atoms. The second kappa shape index (κ2) is 4.65. The minimum atomic E-state index is -3.67. The molecule has 0 bridgehead atoms. The van der Waals surface area contributed by atoms with Gasteiger partial charge < -0.3 is 5.11 Å². The van der Waals surface area contributed by atoms with E-state index in [4.69, 9.17) is 5.11 Å². The number of aromatic amines is 1. The summed E-state index contributed by atoms with van der Waals surface area (Å²) in [7, 11) is -3.67. The summed E-state index contributed by atoms with van der Waals surface area (Å²) in [5, 5.41) is 15.6. The van der Waals surface area contributed by atoms with Gasteiger partial charge in [-0.1, -0.05) is 6.07 Å². The number of anilines is 1. The zero-order valence-electron chi connectivity index (χ0n) is 9.25. The van der Waals surface area contributed by atoms with Gasteiger partial charge >= 0.3 is 5.97 Å². The first-order chi connectivity index (χ1) is 8.48. The molecule has 0 aliphatic carbocycles. The predicted molar refractivity (Wildman–Crippen MR) is 65.8 cm³/mol. The Hall–Kier alpha value is -2.09. The summed E-state index contributed by atoms with van der Waals surface area (Å²) in [6.07, 6.45) is 1.07. The highest BCUT2D eigenvalue weighted by atomic mass is 32.2. The van der Waals surface area contributed by atoms with Gasteiger partial charge in [0.1, 0.15) is 0 Å². The smallest absolute Gasteiger partial charge is 0.304 e. The number of benzene rings is 1. The summed E-state index contributed by atoms with van der Waals surface area (Å²) in [6.45, 7) is 0. The molecule has 0 aliphatic rings. The third-order valence-electron chi connectivity index (χ3n) is 2.33. The van der Waals surface area contributed by atoms with Gasteiger partial charge in [-0.3, -0.25) is 14.6 Å². The van der Waals surface area contributed by atoms with Crippen LogP contribution in [0.25, 0.3) is 10.9 Å². The van der Waals surface area contributed by atoms with Crippen LogP contribution in [0.5, 0.6) is 0 Å². The summed E-state index contributed by atoms with van der Waals surface area (Å²) in [5.74, 6) is -1.61. The van der Waals surface area contributed by atoms with E-state index in [0.717, 1.165) is 0 Å². The monoisotopic (exact) mass is 269 g/mol. The van der Waals surface area contributed by atoms with Crippen molar-refractivity contribution in [3.05, 3.63) is 24.4 Å². The first kappa shape index (κ1) is 12.4. The second-order valence-electron chi connectivity index (χ2n) is 3.70. The lowest BCUT2D eigenvalue weighted by atomic mass is 10.2. The lowest BCUT2D eigenvalue weighted by molar-refractivity contribution is -0.136. The molecule has 2 aromatic rings. The summed E-state index contributed by atoms with van der Waals surface area (Å²) in [4.78, 5) is 10.4. The van der Waals surface area contributed by atoms with E-state index in [0.29, 0.717) is 16.6 Å². The highest BCUT2D eigenvalue weighted by Gasteiger charge is 2.14. The Morgan fingerprint density at radius 2 is 2.22 bits per heavy atom. The molecule has 0 saturated heterocycles. The Kier molecular flexibility index (Phi) is 3.19. The molecule has 0 saturated carbocycles. The quantitative estimate of drug-likeness (QED) is 0.742. The number of sulfonamides is 1. The van der Waals surface area contributed by atoms with Gasteiger partial charge in [-0.15, -0.1) is 0 Å². The zero-order chi connectivity index (χ0) is 13.2. The zero-order valence-corrected chi connectivity index (χ0v) is 10.1. The van der Waals surface area contributed by atoms with Gasteiger partial charge in [0.25, 0.3) is 0 Å². The van der Waals surface area contributed by atoms with Gasteiger partial charge in [0.05, 0.1) is 29.6 Å². The number of aliphatic carboxylic acids is 1. The fourth-order valence-corrected chi connectivity index (χ4v) is 2.56. The molecule has 0 aliphatic heterocycles. The van der Waals surface area contributed by atoms with E-state index >= 15 is 0 Å². The molecule has 7 nitrogen and oxygen atoms in total. The molecule has 1 aromatic carbocycles. The number of carbonyl (C=O) groups is 1. The summed E-state index contributed by atoms with van der Waals surface area (Å²) in [5.41, 5.74) is 1.08. The van der Waals surface area contributed by atoms with Crippen molar-refractivity contribution in [3.63, 3.8) is 0 Å². The number of rotatable bonds is 5. The molecule has 0 amide bonds. The van der Waals surface area contributed by atoms with Crippen LogP contribution in [0.4, 0.5) is 5.69 Å². The van der Waals surface area contributed by atoms with Gasteiger partial charge in [-0.2, -0.15) is 5.10 Å². The maximum atomic E-state index is 11.7. The van der Waals surface area contributed by atoms with Crippen molar-refractivity contribution in [2.45, 2.75) is 6.42 Å². The highest BCUT2D eigenvalue weighted by Crippen LogP contribution is 2.22. The van der Waals surface area contributed by atoms with Crippen LogP contribution in [-0.4, -0.2) is 35.4 Å². The van der Waals surface area contributed by atoms with E-state index in [2.05, 4.69) is 14.9 Å². The molecule has 3 N–H and O–H groups in total. The maximum Gasteiger partial charge on any atom is 0.304 e. The number of aromatic nitrogens is 2. The third-order valence-corrected chi connectivity index (χ3v) is 3.61. The predicted octanol–water partition coefficient (Wildman–Crippen LogP) is 0.779. The number of carboxylic acids is 1. The number of H-pyrrole nitrogens is 1. The van der Waals surface area contributed by atoms with Crippen molar-refractivity contribution in [1.82, 2.24) is 10.2 Å². The van der Waals surface area contributed by atoms with Crippen LogP contribution in [0, 0.1) is 0 Å². The fourth-order valence-electron chi connectivity index (χ4n) is 1.50. The Balaban J connectivity index is 2.23. The van der Waals surface area contributed by atoms with Crippen molar-refractivity contribution >= 4 is 32.6 Å². The number of nitrogens with zero attached hydrogens (tertiary/aromatic N) is 1. The molecule has 1 heterocycles. The lowest BCUT2D eigenvalue weighted by Crippen LogP contribution is -2.18. The topological polar surface area (TPSA) is 112 Å². The molecule has 2 rings (SSSR count). The van der Waals surface area contributed by atoms with Gasteiger partial charge in [-0.05, 0) is 12.1 Å². The van der Waals surface area contributed by atoms with Crippen LogP contribution in [0.3, 0.4) is 0 Å². The first-order valence-electron chi connectivity index (χ1n) is 5.12. The molecule has 0 unspecified atom stereocenters. The van der Waals surface area contributed by atoms with Gasteiger partial charge in [0.15, 0.2) is 0 Å². The van der Waals surface area contributed by atoms with E-state index in [-0.39, 0.29) is 0 Å². The Bertz CT molecular complexity index is 677. The number of hydrogen-bond acceptors (Lipinski definition) is 4. The molecule has 1 aromatic heterocycles. The SMILES string of the molecule is O=C(O)CCS(=O)(=O)Nc1cccc2[nH]ncc12. The van der Waals surface area contributed by atoms with Crippen LogP contribution in [0.2, 0.25) is 0 Å². The molecule has 0 spiro atoms. The van der Waals surface area contributed by atoms with Crippen molar-refractivity contribution < 1.29 is 18.3 Å². The number of carboxylic acid groups (broad SMARTS) is 1. The minimum Gasteiger partial charge on any atom is -0.481 e. The van der Waals surface area contributed by atoms with E-state index in [9.17, 15) is 13.2 Å². The standard InChI is InChI=1S/C10H11N3O4S/c14-10(15)4-5-18(16,17)13-9-3-1-2-8-7(9)6-11-12-8/h1-3,6,13H,4-5H2,(H,11,12)(H,14,15). The summed E-state index contributed by atoms with van der Waals surface area (Å²) in [6, 6.07) is 5.03. The van der Waals surface area contributed by atoms with Gasteiger partial charge in [0.2, 0.25) is 10.0 Å². The van der Waals surface area contributed by atoms with Crippen LogP contribution in [0.15, 0.2) is 24.4 Å². The molecular weight excluding hydrogens is 258 g/mol. The molecule has 96 valence electrons. The first-order valence-corrected chi connectivity index (χ1v) is 6.77. The Morgan fingerprint density at radius 1 is 1.44 bits per heavy atom. The highest BCUT2D eigenvalue weighted by molar-refractivity contribution is 7.92. The molecule has 8 heteroatoms. The van der Waals surface area contributed by atoms with Crippen molar-refractivity contribution in [1.29, 1.82) is 0 Å². The lowest BCUT2D eigenvalue weighted by Gasteiger charge is -2.07. The number of fused-ring (bicyclic) bond motifs is 1.